The van der Waals surface area contributed by atoms with Gasteiger partial charge in [-0.15, -0.1) is 0 Å². The summed E-state index contributed by atoms with van der Waals surface area (Å²) in [6.07, 6.45) is 5.85. The highest BCUT2D eigenvalue weighted by molar-refractivity contribution is 5.96. The number of anilines is 1. The number of carbonyl (C=O) groups is 2. The number of aryl methyl sites for hydroxylation is 1. The molecule has 3 aliphatic rings. The molecule has 122 valence electrons. The third-order valence-corrected chi connectivity index (χ3v) is 5.46. The molecule has 1 saturated heterocycles. The van der Waals surface area contributed by atoms with E-state index >= 15 is 0 Å². The minimum Gasteiger partial charge on any atom is -0.342 e. The number of benzene rings is 1. The number of likely N-dealkylation sites (tertiary alicyclic amines) is 1. The Morgan fingerprint density at radius 2 is 1.57 bits per heavy atom. The maximum Gasteiger partial charge on any atom is 0.230 e. The van der Waals surface area contributed by atoms with Gasteiger partial charge in [-0.05, 0) is 50.2 Å². The molecule has 2 aliphatic heterocycles. The van der Waals surface area contributed by atoms with Crippen molar-refractivity contribution in [3.8, 4) is 0 Å². The summed E-state index contributed by atoms with van der Waals surface area (Å²) in [6.45, 7) is 2.33. The average Bonchev–Trinajstić information content (AvgIpc) is 3.45. The fourth-order valence-electron chi connectivity index (χ4n) is 3.92. The molecule has 1 saturated carbocycles. The van der Waals surface area contributed by atoms with Crippen LogP contribution in [-0.2, 0) is 16.0 Å². The van der Waals surface area contributed by atoms with E-state index in [0.717, 1.165) is 63.8 Å². The zero-order valence-electron chi connectivity index (χ0n) is 13.5. The lowest BCUT2D eigenvalue weighted by molar-refractivity contribution is -0.136. The van der Waals surface area contributed by atoms with Gasteiger partial charge in [0.25, 0.3) is 0 Å². The number of para-hydroxylation sites is 1. The van der Waals surface area contributed by atoms with Crippen LogP contribution in [-0.4, -0.2) is 36.3 Å². The Labute approximate surface area is 137 Å². The summed E-state index contributed by atoms with van der Waals surface area (Å²) in [6, 6.07) is 8.26. The third kappa shape index (κ3) is 2.87. The standard InChI is InChI=1S/C19H24N2O2/c22-18(15-7-8-15)20-12-9-16(10-13-20)19(23)21-11-3-5-14-4-1-2-6-17(14)21/h1-2,4,6,15-16H,3,5,7-13H2. The fourth-order valence-corrected chi connectivity index (χ4v) is 3.92. The van der Waals surface area contributed by atoms with Crippen molar-refractivity contribution in [3.05, 3.63) is 29.8 Å². The van der Waals surface area contributed by atoms with Crippen LogP contribution in [0, 0.1) is 11.8 Å². The Kier molecular flexibility index (Phi) is 3.83. The number of rotatable bonds is 2. The minimum absolute atomic E-state index is 0.0735. The summed E-state index contributed by atoms with van der Waals surface area (Å²) >= 11 is 0. The summed E-state index contributed by atoms with van der Waals surface area (Å²) in [5.41, 5.74) is 2.38. The van der Waals surface area contributed by atoms with Crippen LogP contribution in [0.2, 0.25) is 0 Å². The van der Waals surface area contributed by atoms with E-state index in [9.17, 15) is 9.59 Å². The number of amides is 2. The van der Waals surface area contributed by atoms with Crippen LogP contribution in [0.1, 0.15) is 37.7 Å². The van der Waals surface area contributed by atoms with Crippen molar-refractivity contribution in [1.82, 2.24) is 4.90 Å². The Morgan fingerprint density at radius 3 is 2.30 bits per heavy atom. The molecule has 0 aromatic heterocycles. The fraction of sp³-hybridized carbons (Fsp3) is 0.579. The first-order valence-corrected chi connectivity index (χ1v) is 8.92. The van der Waals surface area contributed by atoms with Crippen molar-refractivity contribution in [1.29, 1.82) is 0 Å². The SMILES string of the molecule is O=C(C1CC1)N1CCC(C(=O)N2CCCc3ccccc32)CC1. The Bertz CT molecular complexity index is 616. The molecular formula is C19H24N2O2. The molecular weight excluding hydrogens is 288 g/mol. The highest BCUT2D eigenvalue weighted by atomic mass is 16.2. The van der Waals surface area contributed by atoms with Crippen LogP contribution >= 0.6 is 0 Å². The van der Waals surface area contributed by atoms with E-state index in [0.29, 0.717) is 5.91 Å². The number of carbonyl (C=O) groups excluding carboxylic acids is 2. The van der Waals surface area contributed by atoms with Gasteiger partial charge in [0.05, 0.1) is 0 Å². The van der Waals surface area contributed by atoms with Crippen molar-refractivity contribution < 1.29 is 9.59 Å². The first kappa shape index (κ1) is 14.7. The molecule has 2 heterocycles. The van der Waals surface area contributed by atoms with Crippen molar-refractivity contribution in [3.63, 3.8) is 0 Å². The summed E-state index contributed by atoms with van der Waals surface area (Å²) < 4.78 is 0. The smallest absolute Gasteiger partial charge is 0.230 e. The molecule has 0 atom stereocenters. The van der Waals surface area contributed by atoms with Gasteiger partial charge in [0.15, 0.2) is 0 Å². The first-order valence-electron chi connectivity index (χ1n) is 8.92. The van der Waals surface area contributed by atoms with E-state index in [1.165, 1.54) is 5.56 Å². The van der Waals surface area contributed by atoms with Crippen LogP contribution in [0.4, 0.5) is 5.69 Å². The lowest BCUT2D eigenvalue weighted by Crippen LogP contribution is -2.46. The monoisotopic (exact) mass is 312 g/mol. The van der Waals surface area contributed by atoms with Crippen LogP contribution in [0.5, 0.6) is 0 Å². The van der Waals surface area contributed by atoms with Crippen LogP contribution in [0.15, 0.2) is 24.3 Å². The van der Waals surface area contributed by atoms with Gasteiger partial charge in [-0.3, -0.25) is 9.59 Å². The van der Waals surface area contributed by atoms with E-state index in [2.05, 4.69) is 18.2 Å². The number of piperidine rings is 1. The molecule has 1 aliphatic carbocycles. The normalized spacial score (nSPS) is 21.9. The third-order valence-electron chi connectivity index (χ3n) is 5.46. The molecule has 0 spiro atoms. The number of nitrogens with zero attached hydrogens (tertiary/aromatic N) is 2. The Morgan fingerprint density at radius 1 is 0.870 bits per heavy atom. The van der Waals surface area contributed by atoms with E-state index < -0.39 is 0 Å². The van der Waals surface area contributed by atoms with Crippen molar-refractivity contribution in [2.45, 2.75) is 38.5 Å². The van der Waals surface area contributed by atoms with E-state index in [4.69, 9.17) is 0 Å². The maximum atomic E-state index is 13.0. The molecule has 4 heteroatoms. The number of fused-ring (bicyclic) bond motifs is 1. The quantitative estimate of drug-likeness (QED) is 0.842. The van der Waals surface area contributed by atoms with Gasteiger partial charge in [0, 0.05) is 37.2 Å². The molecule has 0 radical (unpaired) electrons. The molecule has 4 rings (SSSR count). The van der Waals surface area contributed by atoms with E-state index in [1.807, 2.05) is 15.9 Å². The van der Waals surface area contributed by atoms with Crippen molar-refractivity contribution >= 4 is 17.5 Å². The summed E-state index contributed by atoms with van der Waals surface area (Å²) in [4.78, 5) is 29.1. The Balaban J connectivity index is 1.41. The van der Waals surface area contributed by atoms with E-state index in [-0.39, 0.29) is 17.7 Å². The van der Waals surface area contributed by atoms with Gasteiger partial charge in [0.1, 0.15) is 0 Å². The van der Waals surface area contributed by atoms with Crippen molar-refractivity contribution in [2.75, 3.05) is 24.5 Å². The molecule has 2 fully saturated rings. The zero-order chi connectivity index (χ0) is 15.8. The highest BCUT2D eigenvalue weighted by Gasteiger charge is 2.37. The Hall–Kier alpha value is -1.84. The summed E-state index contributed by atoms with van der Waals surface area (Å²) in [5, 5.41) is 0. The lowest BCUT2D eigenvalue weighted by atomic mass is 9.93. The number of hydrogen-bond donors (Lipinski definition) is 0. The van der Waals surface area contributed by atoms with Gasteiger partial charge in [-0.25, -0.2) is 0 Å². The second kappa shape index (κ2) is 5.99. The largest absolute Gasteiger partial charge is 0.342 e. The highest BCUT2D eigenvalue weighted by Crippen LogP contribution is 2.34. The van der Waals surface area contributed by atoms with Gasteiger partial charge < -0.3 is 9.80 Å². The van der Waals surface area contributed by atoms with Gasteiger partial charge >= 0.3 is 0 Å². The molecule has 4 nitrogen and oxygen atoms in total. The van der Waals surface area contributed by atoms with Crippen LogP contribution in [0.25, 0.3) is 0 Å². The molecule has 0 bridgehead atoms. The second-order valence-corrected chi connectivity index (χ2v) is 7.10. The van der Waals surface area contributed by atoms with Crippen molar-refractivity contribution in [2.24, 2.45) is 11.8 Å². The topological polar surface area (TPSA) is 40.6 Å². The second-order valence-electron chi connectivity index (χ2n) is 7.10. The molecule has 23 heavy (non-hydrogen) atoms. The predicted octanol–water partition coefficient (Wildman–Crippen LogP) is 2.61. The first-order chi connectivity index (χ1) is 11.2. The lowest BCUT2D eigenvalue weighted by Gasteiger charge is -2.36. The van der Waals surface area contributed by atoms with Crippen LogP contribution in [0.3, 0.4) is 0 Å². The summed E-state index contributed by atoms with van der Waals surface area (Å²) in [7, 11) is 0. The average molecular weight is 312 g/mol. The molecule has 2 amide bonds. The molecule has 0 N–H and O–H groups in total. The minimum atomic E-state index is 0.0735. The maximum absolute atomic E-state index is 13.0. The van der Waals surface area contributed by atoms with E-state index in [1.54, 1.807) is 0 Å². The molecule has 0 unspecified atom stereocenters. The number of hydrogen-bond acceptors (Lipinski definition) is 2. The van der Waals surface area contributed by atoms with Gasteiger partial charge in [0.2, 0.25) is 11.8 Å². The zero-order valence-corrected chi connectivity index (χ0v) is 13.5. The predicted molar refractivity (Wildman–Crippen MR) is 89.1 cm³/mol. The summed E-state index contributed by atoms with van der Waals surface area (Å²) in [5.74, 6) is 0.940. The van der Waals surface area contributed by atoms with Crippen LogP contribution < -0.4 is 4.90 Å². The van der Waals surface area contributed by atoms with Gasteiger partial charge in [-0.1, -0.05) is 18.2 Å². The molecule has 1 aromatic rings. The molecule has 1 aromatic carbocycles. The van der Waals surface area contributed by atoms with Gasteiger partial charge in [-0.2, -0.15) is 0 Å².